The summed E-state index contributed by atoms with van der Waals surface area (Å²) < 4.78 is 24.3. The maximum Gasteiger partial charge on any atom is 0.295 e. The first-order valence-electron chi connectivity index (χ1n) is 11.6. The molecule has 0 unspecified atom stereocenters. The van der Waals surface area contributed by atoms with Crippen molar-refractivity contribution < 1.29 is 28.6 Å². The Bertz CT molecular complexity index is 1050. The van der Waals surface area contributed by atoms with Crippen LogP contribution in [0.3, 0.4) is 0 Å². The molecule has 4 rings (SSSR count). The van der Waals surface area contributed by atoms with Crippen LogP contribution in [-0.4, -0.2) is 72.6 Å². The fraction of sp³-hybridized carbons (Fsp3) is 0.385. The van der Waals surface area contributed by atoms with Crippen LogP contribution in [0.4, 0.5) is 4.39 Å². The van der Waals surface area contributed by atoms with Crippen molar-refractivity contribution in [3.8, 4) is 5.75 Å². The van der Waals surface area contributed by atoms with Crippen LogP contribution in [0.5, 0.6) is 5.75 Å². The smallest absolute Gasteiger partial charge is 0.295 e. The Hall–Kier alpha value is -3.23. The summed E-state index contributed by atoms with van der Waals surface area (Å²) in [6, 6.07) is 11.6. The largest absolute Gasteiger partial charge is 0.507 e. The van der Waals surface area contributed by atoms with Gasteiger partial charge in [-0.05, 0) is 55.3 Å². The fourth-order valence-corrected chi connectivity index (χ4v) is 4.42. The lowest BCUT2D eigenvalue weighted by molar-refractivity contribution is -0.140. The lowest BCUT2D eigenvalue weighted by Crippen LogP contribution is -2.38. The highest BCUT2D eigenvalue weighted by atomic mass is 19.1. The van der Waals surface area contributed by atoms with Crippen molar-refractivity contribution >= 4 is 17.4 Å². The van der Waals surface area contributed by atoms with Crippen molar-refractivity contribution in [3.63, 3.8) is 0 Å². The number of rotatable bonds is 8. The van der Waals surface area contributed by atoms with Crippen LogP contribution in [0, 0.1) is 5.82 Å². The van der Waals surface area contributed by atoms with Crippen molar-refractivity contribution in [1.29, 1.82) is 0 Å². The Morgan fingerprint density at radius 1 is 1.06 bits per heavy atom. The zero-order valence-corrected chi connectivity index (χ0v) is 19.2. The molecule has 0 aliphatic carbocycles. The molecule has 2 aliphatic rings. The monoisotopic (exact) mass is 468 g/mol. The summed E-state index contributed by atoms with van der Waals surface area (Å²) in [5, 5.41) is 11.0. The molecule has 7 nitrogen and oxygen atoms in total. The highest BCUT2D eigenvalue weighted by Gasteiger charge is 2.45. The molecule has 0 saturated carbocycles. The van der Waals surface area contributed by atoms with Crippen LogP contribution in [0.25, 0.3) is 5.76 Å². The zero-order valence-electron chi connectivity index (χ0n) is 19.2. The molecule has 1 amide bonds. The predicted octanol–water partition coefficient (Wildman–Crippen LogP) is 3.37. The molecule has 2 aliphatic heterocycles. The SMILES string of the molecule is CCOc1ccc([C@H]2/C(=C(\O)c3ccc(F)cc3)C(=O)C(=O)N2CCCN2CCOCC2)cc1. The van der Waals surface area contributed by atoms with Gasteiger partial charge < -0.3 is 19.5 Å². The molecule has 0 aromatic heterocycles. The average Bonchev–Trinajstić information content (AvgIpc) is 3.10. The molecule has 1 N–H and O–H groups in total. The third-order valence-electron chi connectivity index (χ3n) is 6.14. The third-order valence-corrected chi connectivity index (χ3v) is 6.14. The van der Waals surface area contributed by atoms with E-state index in [9.17, 15) is 19.1 Å². The van der Waals surface area contributed by atoms with Gasteiger partial charge in [0.15, 0.2) is 0 Å². The van der Waals surface area contributed by atoms with Gasteiger partial charge in [-0.2, -0.15) is 0 Å². The number of Topliss-reactive ketones (excluding diaryl/α,β-unsaturated/α-hetero) is 1. The highest BCUT2D eigenvalue weighted by Crippen LogP contribution is 2.40. The molecule has 180 valence electrons. The Balaban J connectivity index is 1.66. The number of aliphatic hydroxyl groups excluding tert-OH is 1. The summed E-state index contributed by atoms with van der Waals surface area (Å²) in [6.45, 7) is 6.60. The first kappa shape index (κ1) is 23.9. The average molecular weight is 469 g/mol. The lowest BCUT2D eigenvalue weighted by atomic mass is 9.95. The summed E-state index contributed by atoms with van der Waals surface area (Å²) in [5.74, 6) is -1.48. The van der Waals surface area contributed by atoms with E-state index < -0.39 is 23.5 Å². The van der Waals surface area contributed by atoms with Crippen LogP contribution in [0.15, 0.2) is 54.1 Å². The molecule has 0 spiro atoms. The topological polar surface area (TPSA) is 79.3 Å². The van der Waals surface area contributed by atoms with E-state index in [0.717, 1.165) is 19.6 Å². The number of aliphatic hydroxyl groups is 1. The van der Waals surface area contributed by atoms with Gasteiger partial charge in [0.25, 0.3) is 11.7 Å². The van der Waals surface area contributed by atoms with Gasteiger partial charge in [0.1, 0.15) is 17.3 Å². The van der Waals surface area contributed by atoms with Gasteiger partial charge in [-0.1, -0.05) is 12.1 Å². The fourth-order valence-electron chi connectivity index (χ4n) is 4.42. The summed E-state index contributed by atoms with van der Waals surface area (Å²) in [6.07, 6.45) is 0.678. The molecule has 2 aromatic rings. The lowest BCUT2D eigenvalue weighted by Gasteiger charge is -2.29. The molecule has 2 fully saturated rings. The van der Waals surface area contributed by atoms with E-state index in [1.54, 1.807) is 24.3 Å². The van der Waals surface area contributed by atoms with E-state index in [4.69, 9.17) is 9.47 Å². The Kier molecular flexibility index (Phi) is 7.59. The first-order valence-corrected chi connectivity index (χ1v) is 11.6. The number of benzene rings is 2. The number of halogens is 1. The predicted molar refractivity (Wildman–Crippen MR) is 125 cm³/mol. The standard InChI is InChI=1S/C26H29FN2O5/c1-2-34-21-10-6-18(7-11-21)23-22(24(30)19-4-8-20(27)9-5-19)25(31)26(32)29(23)13-3-12-28-14-16-33-17-15-28/h4-11,23,30H,2-3,12-17H2,1H3/b24-22+/t23-/m0/s1. The first-order chi connectivity index (χ1) is 16.5. The molecule has 0 radical (unpaired) electrons. The second-order valence-electron chi connectivity index (χ2n) is 8.31. The van der Waals surface area contributed by atoms with Crippen LogP contribution in [0.2, 0.25) is 0 Å². The molecule has 2 heterocycles. The van der Waals surface area contributed by atoms with E-state index in [2.05, 4.69) is 4.90 Å². The molecule has 0 bridgehead atoms. The van der Waals surface area contributed by atoms with Gasteiger partial charge in [-0.3, -0.25) is 14.5 Å². The quantitative estimate of drug-likeness (QED) is 0.364. The second-order valence-corrected chi connectivity index (χ2v) is 8.31. The minimum absolute atomic E-state index is 0.00661. The normalized spacial score (nSPS) is 20.6. The number of carbonyl (C=O) groups is 2. The van der Waals surface area contributed by atoms with E-state index in [0.29, 0.717) is 44.1 Å². The maximum atomic E-state index is 13.4. The number of ether oxygens (including phenoxy) is 2. The molecule has 1 atom stereocenters. The summed E-state index contributed by atoms with van der Waals surface area (Å²) in [7, 11) is 0. The van der Waals surface area contributed by atoms with Gasteiger partial charge in [-0.25, -0.2) is 4.39 Å². The van der Waals surface area contributed by atoms with E-state index in [1.807, 2.05) is 6.92 Å². The summed E-state index contributed by atoms with van der Waals surface area (Å²) in [4.78, 5) is 29.9. The molecule has 8 heteroatoms. The molecular formula is C26H29FN2O5. The van der Waals surface area contributed by atoms with Crippen molar-refractivity contribution in [2.75, 3.05) is 46.0 Å². The van der Waals surface area contributed by atoms with Gasteiger partial charge in [-0.15, -0.1) is 0 Å². The van der Waals surface area contributed by atoms with Crippen LogP contribution in [-0.2, 0) is 14.3 Å². The van der Waals surface area contributed by atoms with Crippen LogP contribution >= 0.6 is 0 Å². The van der Waals surface area contributed by atoms with Gasteiger partial charge in [0.2, 0.25) is 0 Å². The summed E-state index contributed by atoms with van der Waals surface area (Å²) >= 11 is 0. The van der Waals surface area contributed by atoms with Crippen molar-refractivity contribution in [2.45, 2.75) is 19.4 Å². The Morgan fingerprint density at radius 2 is 1.74 bits per heavy atom. The highest BCUT2D eigenvalue weighted by molar-refractivity contribution is 6.46. The summed E-state index contributed by atoms with van der Waals surface area (Å²) in [5.41, 5.74) is 0.980. The minimum Gasteiger partial charge on any atom is -0.507 e. The Morgan fingerprint density at radius 3 is 2.38 bits per heavy atom. The van der Waals surface area contributed by atoms with E-state index >= 15 is 0 Å². The molecule has 34 heavy (non-hydrogen) atoms. The van der Waals surface area contributed by atoms with E-state index in [1.165, 1.54) is 29.2 Å². The van der Waals surface area contributed by atoms with Crippen LogP contribution in [0.1, 0.15) is 30.5 Å². The number of morpholine rings is 1. The molecule has 2 saturated heterocycles. The number of hydrogen-bond acceptors (Lipinski definition) is 6. The zero-order chi connectivity index (χ0) is 24.1. The molecular weight excluding hydrogens is 439 g/mol. The number of likely N-dealkylation sites (tertiary alicyclic amines) is 1. The Labute approximate surface area is 198 Å². The van der Waals surface area contributed by atoms with Gasteiger partial charge in [0, 0.05) is 31.7 Å². The maximum absolute atomic E-state index is 13.4. The minimum atomic E-state index is -0.745. The number of nitrogens with zero attached hydrogens (tertiary/aromatic N) is 2. The van der Waals surface area contributed by atoms with Crippen LogP contribution < -0.4 is 4.74 Å². The van der Waals surface area contributed by atoms with Gasteiger partial charge in [0.05, 0.1) is 31.4 Å². The number of ketones is 1. The number of carbonyl (C=O) groups excluding carboxylic acids is 2. The second kappa shape index (κ2) is 10.8. The van der Waals surface area contributed by atoms with Crippen molar-refractivity contribution in [2.24, 2.45) is 0 Å². The third kappa shape index (κ3) is 5.13. The molecule has 2 aromatic carbocycles. The van der Waals surface area contributed by atoms with E-state index in [-0.39, 0.29) is 16.9 Å². The number of hydrogen-bond donors (Lipinski definition) is 1. The van der Waals surface area contributed by atoms with Gasteiger partial charge >= 0.3 is 0 Å². The van der Waals surface area contributed by atoms with Crippen molar-refractivity contribution in [1.82, 2.24) is 9.80 Å². The number of amides is 1. The van der Waals surface area contributed by atoms with Crippen molar-refractivity contribution in [3.05, 3.63) is 71.0 Å².